The largest absolute Gasteiger partial charge is 0.373 e. The maximum atomic E-state index is 12.5. The van der Waals surface area contributed by atoms with Gasteiger partial charge in [0.25, 0.3) is 0 Å². The van der Waals surface area contributed by atoms with E-state index in [0.29, 0.717) is 13.2 Å². The third kappa shape index (κ3) is 3.42. The monoisotopic (exact) mass is 314 g/mol. The molecule has 0 unspecified atom stereocenters. The van der Waals surface area contributed by atoms with Crippen LogP contribution in [0.2, 0.25) is 0 Å². The van der Waals surface area contributed by atoms with Crippen LogP contribution in [-0.4, -0.2) is 27.3 Å². The second-order valence-electron chi connectivity index (χ2n) is 5.80. The highest BCUT2D eigenvalue weighted by molar-refractivity contribution is 5.79. The molecular weight excluding hydrogens is 292 g/mol. The lowest BCUT2D eigenvalue weighted by Crippen LogP contribution is -2.32. The number of hydrogen-bond donors (Lipinski definition) is 1. The van der Waals surface area contributed by atoms with Crippen LogP contribution in [0.15, 0.2) is 30.7 Å². The number of carbonyl (C=O) groups excluding carboxylic acids is 1. The molecule has 1 amide bonds. The van der Waals surface area contributed by atoms with E-state index in [9.17, 15) is 4.79 Å². The van der Waals surface area contributed by atoms with E-state index >= 15 is 0 Å². The number of carbonyl (C=O) groups is 1. The van der Waals surface area contributed by atoms with Gasteiger partial charge in [-0.3, -0.25) is 14.5 Å². The van der Waals surface area contributed by atoms with Crippen molar-refractivity contribution < 1.29 is 9.53 Å². The van der Waals surface area contributed by atoms with Gasteiger partial charge in [0.15, 0.2) is 0 Å². The van der Waals surface area contributed by atoms with Gasteiger partial charge in [0.05, 0.1) is 30.5 Å². The Morgan fingerprint density at radius 1 is 1.52 bits per heavy atom. The fourth-order valence-electron chi connectivity index (χ4n) is 2.89. The molecule has 1 aliphatic rings. The molecule has 0 spiro atoms. The maximum Gasteiger partial charge on any atom is 0.226 e. The molecule has 1 aliphatic heterocycles. The second kappa shape index (κ2) is 6.91. The summed E-state index contributed by atoms with van der Waals surface area (Å²) in [6.45, 7) is 5.88. The van der Waals surface area contributed by atoms with Gasteiger partial charge in [0, 0.05) is 31.1 Å². The van der Waals surface area contributed by atoms with Gasteiger partial charge in [0.1, 0.15) is 0 Å². The fourth-order valence-corrected chi connectivity index (χ4v) is 2.89. The third-order valence-electron chi connectivity index (χ3n) is 4.28. The SMILES string of the molecule is CCn1cc([C@H]2OCC[C@@H]2C(=O)NCc2ncccc2C)cn1. The van der Waals surface area contributed by atoms with E-state index < -0.39 is 0 Å². The van der Waals surface area contributed by atoms with Crippen LogP contribution in [0, 0.1) is 12.8 Å². The molecule has 6 heteroatoms. The summed E-state index contributed by atoms with van der Waals surface area (Å²) in [6, 6.07) is 3.89. The molecule has 3 rings (SSSR count). The van der Waals surface area contributed by atoms with Gasteiger partial charge in [0.2, 0.25) is 5.91 Å². The van der Waals surface area contributed by atoms with Crippen LogP contribution >= 0.6 is 0 Å². The van der Waals surface area contributed by atoms with Crippen LogP contribution in [0.5, 0.6) is 0 Å². The second-order valence-corrected chi connectivity index (χ2v) is 5.80. The van der Waals surface area contributed by atoms with E-state index in [1.807, 2.05) is 36.9 Å². The average molecular weight is 314 g/mol. The summed E-state index contributed by atoms with van der Waals surface area (Å²) in [4.78, 5) is 16.9. The minimum Gasteiger partial charge on any atom is -0.373 e. The molecule has 2 atom stereocenters. The van der Waals surface area contributed by atoms with Crippen LogP contribution in [0.4, 0.5) is 0 Å². The molecule has 0 radical (unpaired) electrons. The van der Waals surface area contributed by atoms with E-state index in [-0.39, 0.29) is 17.9 Å². The number of rotatable bonds is 5. The molecule has 2 aromatic rings. The van der Waals surface area contributed by atoms with Gasteiger partial charge in [-0.25, -0.2) is 0 Å². The number of nitrogens with one attached hydrogen (secondary N) is 1. The highest BCUT2D eigenvalue weighted by atomic mass is 16.5. The Morgan fingerprint density at radius 2 is 2.39 bits per heavy atom. The fraction of sp³-hybridized carbons (Fsp3) is 0.471. The molecular formula is C17H22N4O2. The number of aryl methyl sites for hydroxylation is 2. The predicted molar refractivity (Wildman–Crippen MR) is 85.5 cm³/mol. The minimum absolute atomic E-state index is 0.0156. The first kappa shape index (κ1) is 15.7. The van der Waals surface area contributed by atoms with E-state index in [4.69, 9.17) is 4.74 Å². The smallest absolute Gasteiger partial charge is 0.226 e. The number of hydrogen-bond acceptors (Lipinski definition) is 4. The number of nitrogens with zero attached hydrogens (tertiary/aromatic N) is 3. The van der Waals surface area contributed by atoms with Crippen molar-refractivity contribution in [1.29, 1.82) is 0 Å². The minimum atomic E-state index is -0.208. The molecule has 1 N–H and O–H groups in total. The Bertz CT molecular complexity index is 683. The molecule has 1 saturated heterocycles. The van der Waals surface area contributed by atoms with E-state index in [1.165, 1.54) is 0 Å². The quantitative estimate of drug-likeness (QED) is 0.916. The van der Waals surface area contributed by atoms with E-state index in [1.54, 1.807) is 12.4 Å². The van der Waals surface area contributed by atoms with Gasteiger partial charge in [-0.1, -0.05) is 6.07 Å². The zero-order valence-electron chi connectivity index (χ0n) is 13.5. The Kier molecular flexibility index (Phi) is 4.71. The van der Waals surface area contributed by atoms with Crippen molar-refractivity contribution >= 4 is 5.91 Å². The number of amides is 1. The van der Waals surface area contributed by atoms with E-state index in [0.717, 1.165) is 29.8 Å². The van der Waals surface area contributed by atoms with Crippen LogP contribution < -0.4 is 5.32 Å². The van der Waals surface area contributed by atoms with Gasteiger partial charge < -0.3 is 10.1 Å². The number of ether oxygens (including phenoxy) is 1. The Labute approximate surface area is 135 Å². The van der Waals surface area contributed by atoms with Crippen LogP contribution in [0.3, 0.4) is 0 Å². The molecule has 0 bridgehead atoms. The van der Waals surface area contributed by atoms with Crippen molar-refractivity contribution in [2.75, 3.05) is 6.61 Å². The lowest BCUT2D eigenvalue weighted by molar-refractivity contribution is -0.127. The molecule has 1 fully saturated rings. The third-order valence-corrected chi connectivity index (χ3v) is 4.28. The number of aromatic nitrogens is 3. The van der Waals surface area contributed by atoms with Crippen molar-refractivity contribution in [2.24, 2.45) is 5.92 Å². The Balaban J connectivity index is 1.65. The Hall–Kier alpha value is -2.21. The van der Waals surface area contributed by atoms with Crippen molar-refractivity contribution in [3.8, 4) is 0 Å². The zero-order chi connectivity index (χ0) is 16.2. The maximum absolute atomic E-state index is 12.5. The van der Waals surface area contributed by atoms with Gasteiger partial charge in [-0.15, -0.1) is 0 Å². The summed E-state index contributed by atoms with van der Waals surface area (Å²) < 4.78 is 7.63. The molecule has 122 valence electrons. The summed E-state index contributed by atoms with van der Waals surface area (Å²) >= 11 is 0. The predicted octanol–water partition coefficient (Wildman–Crippen LogP) is 2.00. The van der Waals surface area contributed by atoms with Gasteiger partial charge in [-0.05, 0) is 31.9 Å². The van der Waals surface area contributed by atoms with Crippen molar-refractivity contribution in [1.82, 2.24) is 20.1 Å². The highest BCUT2D eigenvalue weighted by Gasteiger charge is 2.35. The standard InChI is InChI=1S/C17H22N4O2/c1-3-21-11-13(9-20-21)16-14(6-8-23-16)17(22)19-10-15-12(2)5-4-7-18-15/h4-5,7,9,11,14,16H,3,6,8,10H2,1-2H3,(H,19,22)/t14-,16+/m0/s1. The summed E-state index contributed by atoms with van der Waals surface area (Å²) in [6.07, 6.45) is 6.02. The molecule has 0 saturated carbocycles. The van der Waals surface area contributed by atoms with Crippen molar-refractivity contribution in [3.63, 3.8) is 0 Å². The first-order valence-electron chi connectivity index (χ1n) is 8.01. The molecule has 23 heavy (non-hydrogen) atoms. The highest BCUT2D eigenvalue weighted by Crippen LogP contribution is 2.34. The zero-order valence-corrected chi connectivity index (χ0v) is 13.5. The van der Waals surface area contributed by atoms with Crippen LogP contribution in [0.25, 0.3) is 0 Å². The lowest BCUT2D eigenvalue weighted by atomic mass is 9.96. The molecule has 0 aliphatic carbocycles. The topological polar surface area (TPSA) is 69.0 Å². The van der Waals surface area contributed by atoms with Gasteiger partial charge >= 0.3 is 0 Å². The molecule has 6 nitrogen and oxygen atoms in total. The summed E-state index contributed by atoms with van der Waals surface area (Å²) in [5.41, 5.74) is 2.95. The first-order chi connectivity index (χ1) is 11.2. The molecule has 0 aromatic carbocycles. The molecule has 2 aromatic heterocycles. The van der Waals surface area contributed by atoms with Gasteiger partial charge in [-0.2, -0.15) is 5.10 Å². The number of pyridine rings is 1. The normalized spacial score (nSPS) is 20.6. The average Bonchev–Trinajstić information content (AvgIpc) is 3.22. The summed E-state index contributed by atoms with van der Waals surface area (Å²) in [5.74, 6) is -0.157. The summed E-state index contributed by atoms with van der Waals surface area (Å²) in [7, 11) is 0. The lowest BCUT2D eigenvalue weighted by Gasteiger charge is -2.17. The van der Waals surface area contributed by atoms with Crippen LogP contribution in [-0.2, 0) is 22.6 Å². The van der Waals surface area contributed by atoms with Crippen molar-refractivity contribution in [2.45, 2.75) is 39.5 Å². The first-order valence-corrected chi connectivity index (χ1v) is 8.01. The molecule has 3 heterocycles. The Morgan fingerprint density at radius 3 is 3.13 bits per heavy atom. The summed E-state index contributed by atoms with van der Waals surface area (Å²) in [5, 5.41) is 7.27. The van der Waals surface area contributed by atoms with Crippen molar-refractivity contribution in [3.05, 3.63) is 47.5 Å². The van der Waals surface area contributed by atoms with E-state index in [2.05, 4.69) is 15.4 Å². The van der Waals surface area contributed by atoms with Crippen LogP contribution in [0.1, 0.15) is 36.3 Å².